The van der Waals surface area contributed by atoms with Crippen molar-refractivity contribution in [1.82, 2.24) is 0 Å². The van der Waals surface area contributed by atoms with Crippen LogP contribution >= 0.6 is 0 Å². The summed E-state index contributed by atoms with van der Waals surface area (Å²) in [6.07, 6.45) is 0.0390. The molecule has 0 radical (unpaired) electrons. The van der Waals surface area contributed by atoms with E-state index in [0.29, 0.717) is 0 Å². The van der Waals surface area contributed by atoms with E-state index in [9.17, 15) is 0 Å². The molecule has 7 heteroatoms. The molecule has 0 saturated carbocycles. The van der Waals surface area contributed by atoms with Gasteiger partial charge in [-0.05, 0) is 5.56 Å². The van der Waals surface area contributed by atoms with Gasteiger partial charge in [-0.25, -0.2) is 12.1 Å². The summed E-state index contributed by atoms with van der Waals surface area (Å²) in [5.41, 5.74) is -1.32. The minimum atomic E-state index is -1.69. The van der Waals surface area contributed by atoms with Crippen molar-refractivity contribution in [3.05, 3.63) is 90.5 Å². The van der Waals surface area contributed by atoms with Gasteiger partial charge in [0.2, 0.25) is 0 Å². The van der Waals surface area contributed by atoms with Crippen molar-refractivity contribution in [3.8, 4) is 18.2 Å². The molecule has 0 amide bonds. The van der Waals surface area contributed by atoms with Crippen LogP contribution in [0.2, 0.25) is 0 Å². The third kappa shape index (κ3) is 10.2. The van der Waals surface area contributed by atoms with Gasteiger partial charge in [-0.2, -0.15) is 34.0 Å². The molecule has 27 heavy (non-hydrogen) atoms. The molecule has 2 rings (SSSR count). The molecule has 128 valence electrons. The van der Waals surface area contributed by atoms with Crippen LogP contribution in [-0.4, -0.2) is 5.87 Å². The monoisotopic (exact) mass is 396 g/mol. The summed E-state index contributed by atoms with van der Waals surface area (Å²) in [4.78, 5) is 0. The Labute approximate surface area is 168 Å². The molecule has 0 spiro atoms. The van der Waals surface area contributed by atoms with Gasteiger partial charge in [-0.15, -0.1) is 0 Å². The maximum atomic E-state index is 9.07. The van der Waals surface area contributed by atoms with Gasteiger partial charge in [0, 0.05) is 6.42 Å². The summed E-state index contributed by atoms with van der Waals surface area (Å²) in [5, 5.41) is 35.7. The number of allylic oxidation sites excluding steroid dienone is 1. The predicted molar refractivity (Wildman–Crippen MR) is 91.2 cm³/mol. The number of nitriles is 3. The van der Waals surface area contributed by atoms with Gasteiger partial charge < -0.3 is 5.41 Å². The number of nitrogens with zero attached hydrogens (tertiary/aromatic N) is 4. The summed E-state index contributed by atoms with van der Waals surface area (Å²) in [5.74, 6) is 1.63. The third-order valence-electron chi connectivity index (χ3n) is 2.90. The van der Waals surface area contributed by atoms with Crippen LogP contribution in [0.15, 0.2) is 66.2 Å². The van der Waals surface area contributed by atoms with Gasteiger partial charge >= 0.3 is 39.7 Å². The number of rotatable bonds is 3. The molecule has 0 bridgehead atoms. The van der Waals surface area contributed by atoms with E-state index in [2.05, 4.69) is 13.3 Å². The Balaban J connectivity index is -0.000000482. The Hall–Kier alpha value is -3.51. The van der Waals surface area contributed by atoms with E-state index in [1.807, 2.05) is 36.4 Å². The van der Waals surface area contributed by atoms with E-state index in [1.54, 1.807) is 48.3 Å². The van der Waals surface area contributed by atoms with Gasteiger partial charge in [0.1, 0.15) is 6.07 Å². The van der Waals surface area contributed by atoms with Crippen LogP contribution in [0, 0.1) is 52.7 Å². The van der Waals surface area contributed by atoms with Crippen molar-refractivity contribution in [2.45, 2.75) is 6.42 Å². The van der Waals surface area contributed by atoms with Gasteiger partial charge in [0.25, 0.3) is 0 Å². The molecule has 2 aromatic carbocycles. The van der Waals surface area contributed by atoms with Crippen LogP contribution in [-0.2, 0) is 32.8 Å². The number of hydrogen-bond acceptors (Lipinski definition) is 3. The zero-order valence-corrected chi connectivity index (χ0v) is 15.0. The second-order valence-electron chi connectivity index (χ2n) is 4.35. The van der Waals surface area contributed by atoms with Gasteiger partial charge in [0.05, 0.1) is 17.7 Å². The van der Waals surface area contributed by atoms with E-state index < -0.39 is 5.41 Å². The largest absolute Gasteiger partial charge is 6.00 e. The van der Waals surface area contributed by atoms with Crippen LogP contribution in [0.4, 0.5) is 0 Å². The summed E-state index contributed by atoms with van der Waals surface area (Å²) in [6, 6.07) is 24.0. The Kier molecular flexibility index (Phi) is 19.7. The summed E-state index contributed by atoms with van der Waals surface area (Å²) < 4.78 is 15.0. The zero-order chi connectivity index (χ0) is 20.3. The maximum Gasteiger partial charge on any atom is 6.00 e. The Morgan fingerprint density at radius 2 is 1.44 bits per heavy atom. The fourth-order valence-corrected chi connectivity index (χ4v) is 1.74. The van der Waals surface area contributed by atoms with Crippen LogP contribution < -0.4 is 0 Å². The van der Waals surface area contributed by atoms with Crippen LogP contribution in [0.3, 0.4) is 0 Å². The predicted octanol–water partition coefficient (Wildman–Crippen LogP) is 3.28. The molecule has 0 aliphatic heterocycles. The zero-order valence-electron chi connectivity index (χ0n) is 13.9. The molecule has 2 aromatic rings. The van der Waals surface area contributed by atoms with Gasteiger partial charge in [-0.1, -0.05) is 30.3 Å². The van der Waals surface area contributed by atoms with Crippen molar-refractivity contribution in [2.24, 2.45) is 5.41 Å². The Bertz CT molecular complexity index is 807. The minimum Gasteiger partial charge on any atom is -0.214 e. The van der Waals surface area contributed by atoms with Crippen molar-refractivity contribution >= 4 is 5.87 Å². The number of hydrogen-bond donors (Lipinski definition) is 0. The molecule has 0 fully saturated rings. The smallest absolute Gasteiger partial charge is 0.214 e. The van der Waals surface area contributed by atoms with Crippen molar-refractivity contribution in [2.75, 3.05) is 0 Å². The normalized spacial score (nSPS) is 7.44. The van der Waals surface area contributed by atoms with Gasteiger partial charge in [0.15, 0.2) is 5.41 Å². The summed E-state index contributed by atoms with van der Waals surface area (Å²) in [6.45, 7) is 9.00. The van der Waals surface area contributed by atoms with E-state index in [4.69, 9.17) is 30.5 Å². The Morgan fingerprint density at radius 3 is 1.74 bits per heavy atom. The molecule has 0 saturated heterocycles. The van der Waals surface area contributed by atoms with E-state index in [0.717, 1.165) is 5.56 Å². The van der Waals surface area contributed by atoms with Crippen LogP contribution in [0.5, 0.6) is 0 Å². The molecule has 0 unspecified atom stereocenters. The first-order valence-corrected chi connectivity index (χ1v) is 6.84. The molecule has 0 aliphatic carbocycles. The van der Waals surface area contributed by atoms with E-state index >= 15 is 0 Å². The quantitative estimate of drug-likeness (QED) is 0.259. The van der Waals surface area contributed by atoms with Crippen LogP contribution in [0.1, 0.15) is 5.56 Å². The first-order chi connectivity index (χ1) is 12.7. The molecule has 0 N–H and O–H groups in total. The third-order valence-corrected chi connectivity index (χ3v) is 2.90. The SMILES string of the molecule is N#CC(=C=[N-])C(C#N)(C#N)Cc1ccccc1.[C-]#[O+].[C-]#[O+].[Fe+6].c1cc[cH-]c1. The van der Waals surface area contributed by atoms with Crippen LogP contribution in [0.25, 0.3) is 5.41 Å². The van der Waals surface area contributed by atoms with Crippen molar-refractivity contribution in [3.63, 3.8) is 0 Å². The second-order valence-corrected chi connectivity index (χ2v) is 4.35. The fraction of sp³-hybridized carbons (Fsp3) is 0.100. The average Bonchev–Trinajstić information content (AvgIpc) is 3.32. The summed E-state index contributed by atoms with van der Waals surface area (Å²) in [7, 11) is 0. The topological polar surface area (TPSA) is 133 Å². The second kappa shape index (κ2) is 18.8. The standard InChI is InChI=1S/C13H7N4.C5H5.2CO.Fe/c14-7-12(8-15)13(9-16,10-17)6-11-4-2-1-3-5-11;1-2-4-5-3-1;2*1-2;/h1-5H,6H2;1-5H;;;/q2*-1;;;+6. The molecule has 0 aliphatic rings. The van der Waals surface area contributed by atoms with E-state index in [1.165, 1.54) is 0 Å². The molecule has 0 aromatic heterocycles. The molecule has 0 heterocycles. The van der Waals surface area contributed by atoms with Crippen molar-refractivity contribution < 1.29 is 26.4 Å². The molecule has 6 nitrogen and oxygen atoms in total. The summed E-state index contributed by atoms with van der Waals surface area (Å²) >= 11 is 0. The molecular formula is C20H12FeN4O2+4. The van der Waals surface area contributed by atoms with E-state index in [-0.39, 0.29) is 29.1 Å². The molecular weight excluding hydrogens is 384 g/mol. The Morgan fingerprint density at radius 1 is 0.963 bits per heavy atom. The fourth-order valence-electron chi connectivity index (χ4n) is 1.74. The first kappa shape index (κ1) is 28.3. The average molecular weight is 396 g/mol. The van der Waals surface area contributed by atoms with Crippen molar-refractivity contribution in [1.29, 1.82) is 15.8 Å². The minimum absolute atomic E-state index is 0. The maximum absolute atomic E-state index is 9.07. The first-order valence-electron chi connectivity index (χ1n) is 6.84. The molecule has 0 atom stereocenters. The number of benzene rings is 1. The van der Waals surface area contributed by atoms with Gasteiger partial charge in [-0.3, -0.25) is 5.87 Å².